The van der Waals surface area contributed by atoms with Gasteiger partial charge in [-0.3, -0.25) is 0 Å². The number of hydrogen-bond acceptors (Lipinski definition) is 1. The number of hydrogen-bond donors (Lipinski definition) is 1. The zero-order chi connectivity index (χ0) is 12.7. The standard InChI is InChI=1S/C14H17BrClN/c1-3-5-6-14(17-9-4-2)12-8-7-11(15)10-13(12)16/h7-8,10,14,17H,4,6,9H2,1-2H3. The number of nitrogens with one attached hydrogen (secondary N) is 1. The maximum Gasteiger partial charge on any atom is 0.0465 e. The Balaban J connectivity index is 2.89. The minimum absolute atomic E-state index is 0.211. The summed E-state index contributed by atoms with van der Waals surface area (Å²) in [4.78, 5) is 0. The van der Waals surface area contributed by atoms with E-state index in [9.17, 15) is 0 Å². The fraction of sp³-hybridized carbons (Fsp3) is 0.429. The van der Waals surface area contributed by atoms with Crippen molar-refractivity contribution in [3.05, 3.63) is 33.3 Å². The lowest BCUT2D eigenvalue weighted by Gasteiger charge is -2.18. The van der Waals surface area contributed by atoms with E-state index in [-0.39, 0.29) is 6.04 Å². The Bertz CT molecular complexity index is 420. The molecule has 0 radical (unpaired) electrons. The molecule has 1 aromatic carbocycles. The molecule has 0 fully saturated rings. The minimum atomic E-state index is 0.211. The molecule has 1 unspecified atom stereocenters. The summed E-state index contributed by atoms with van der Waals surface area (Å²) in [5.74, 6) is 6.05. The normalized spacial score (nSPS) is 11.8. The van der Waals surface area contributed by atoms with Gasteiger partial charge in [0.15, 0.2) is 0 Å². The Morgan fingerprint density at radius 3 is 2.82 bits per heavy atom. The summed E-state index contributed by atoms with van der Waals surface area (Å²) in [7, 11) is 0. The molecule has 1 nitrogen and oxygen atoms in total. The first kappa shape index (κ1) is 14.6. The van der Waals surface area contributed by atoms with Gasteiger partial charge in [0, 0.05) is 22.0 Å². The van der Waals surface area contributed by atoms with Crippen molar-refractivity contribution < 1.29 is 0 Å². The van der Waals surface area contributed by atoms with Crippen molar-refractivity contribution >= 4 is 27.5 Å². The Morgan fingerprint density at radius 2 is 2.24 bits per heavy atom. The first-order chi connectivity index (χ1) is 8.19. The van der Waals surface area contributed by atoms with Crippen LogP contribution in [0.1, 0.15) is 38.3 Å². The highest BCUT2D eigenvalue weighted by molar-refractivity contribution is 9.10. The molecule has 0 saturated heterocycles. The zero-order valence-electron chi connectivity index (χ0n) is 10.2. The molecule has 0 bridgehead atoms. The molecule has 0 aliphatic heterocycles. The predicted molar refractivity (Wildman–Crippen MR) is 78.3 cm³/mol. The highest BCUT2D eigenvalue weighted by Gasteiger charge is 2.12. The minimum Gasteiger partial charge on any atom is -0.309 e. The van der Waals surface area contributed by atoms with Crippen LogP contribution in [0.15, 0.2) is 22.7 Å². The Kier molecular flexibility index (Phi) is 6.65. The van der Waals surface area contributed by atoms with E-state index in [0.29, 0.717) is 0 Å². The molecule has 0 aromatic heterocycles. The SMILES string of the molecule is CC#CCC(NCCC)c1ccc(Br)cc1Cl. The lowest BCUT2D eigenvalue weighted by molar-refractivity contribution is 0.542. The summed E-state index contributed by atoms with van der Waals surface area (Å²) >= 11 is 9.68. The number of benzene rings is 1. The summed E-state index contributed by atoms with van der Waals surface area (Å²) in [6.07, 6.45) is 1.89. The van der Waals surface area contributed by atoms with Crippen molar-refractivity contribution in [2.45, 2.75) is 32.7 Å². The van der Waals surface area contributed by atoms with E-state index in [0.717, 1.165) is 34.4 Å². The van der Waals surface area contributed by atoms with Crippen LogP contribution in [-0.4, -0.2) is 6.54 Å². The number of halogens is 2. The monoisotopic (exact) mass is 313 g/mol. The molecule has 0 aliphatic rings. The van der Waals surface area contributed by atoms with Crippen molar-refractivity contribution in [2.24, 2.45) is 0 Å². The van der Waals surface area contributed by atoms with Crippen molar-refractivity contribution in [3.63, 3.8) is 0 Å². The lowest BCUT2D eigenvalue weighted by atomic mass is 10.0. The van der Waals surface area contributed by atoms with Crippen molar-refractivity contribution in [1.29, 1.82) is 0 Å². The molecule has 1 atom stereocenters. The molecule has 3 heteroatoms. The average molecular weight is 315 g/mol. The van der Waals surface area contributed by atoms with Crippen LogP contribution in [0.4, 0.5) is 0 Å². The van der Waals surface area contributed by atoms with E-state index in [1.807, 2.05) is 19.1 Å². The van der Waals surface area contributed by atoms with Crippen LogP contribution in [0.3, 0.4) is 0 Å². The van der Waals surface area contributed by atoms with Gasteiger partial charge in [-0.1, -0.05) is 40.5 Å². The molecule has 0 aliphatic carbocycles. The molecule has 0 heterocycles. The first-order valence-corrected chi connectivity index (χ1v) is 6.94. The topological polar surface area (TPSA) is 12.0 Å². The molecular formula is C14H17BrClN. The van der Waals surface area contributed by atoms with Gasteiger partial charge in [-0.05, 0) is 37.6 Å². The second-order valence-electron chi connectivity index (χ2n) is 3.80. The van der Waals surface area contributed by atoms with Gasteiger partial charge in [0.05, 0.1) is 0 Å². The first-order valence-electron chi connectivity index (χ1n) is 5.77. The maximum absolute atomic E-state index is 6.26. The summed E-state index contributed by atoms with van der Waals surface area (Å²) in [5, 5.41) is 4.26. The van der Waals surface area contributed by atoms with Crippen LogP contribution in [-0.2, 0) is 0 Å². The fourth-order valence-corrected chi connectivity index (χ4v) is 2.40. The van der Waals surface area contributed by atoms with Crippen molar-refractivity contribution in [1.82, 2.24) is 5.32 Å². The van der Waals surface area contributed by atoms with E-state index in [4.69, 9.17) is 11.6 Å². The van der Waals surface area contributed by atoms with Gasteiger partial charge >= 0.3 is 0 Å². The molecule has 0 spiro atoms. The Hall–Kier alpha value is -0.490. The maximum atomic E-state index is 6.26. The van der Waals surface area contributed by atoms with Gasteiger partial charge in [0.25, 0.3) is 0 Å². The van der Waals surface area contributed by atoms with Gasteiger partial charge in [0.1, 0.15) is 0 Å². The van der Waals surface area contributed by atoms with Crippen LogP contribution < -0.4 is 5.32 Å². The van der Waals surface area contributed by atoms with Crippen LogP contribution in [0, 0.1) is 11.8 Å². The molecule has 0 amide bonds. The molecular weight excluding hydrogens is 298 g/mol. The van der Waals surface area contributed by atoms with E-state index in [1.54, 1.807) is 0 Å². The summed E-state index contributed by atoms with van der Waals surface area (Å²) in [5.41, 5.74) is 1.12. The van der Waals surface area contributed by atoms with Crippen molar-refractivity contribution in [3.8, 4) is 11.8 Å². The van der Waals surface area contributed by atoms with Crippen LogP contribution in [0.2, 0.25) is 5.02 Å². The van der Waals surface area contributed by atoms with E-state index in [1.165, 1.54) is 0 Å². The van der Waals surface area contributed by atoms with Crippen LogP contribution in [0.5, 0.6) is 0 Å². The lowest BCUT2D eigenvalue weighted by Crippen LogP contribution is -2.22. The van der Waals surface area contributed by atoms with E-state index < -0.39 is 0 Å². The average Bonchev–Trinajstić information content (AvgIpc) is 2.30. The van der Waals surface area contributed by atoms with Gasteiger partial charge in [-0.15, -0.1) is 11.8 Å². The molecule has 0 saturated carbocycles. The van der Waals surface area contributed by atoms with Gasteiger partial charge in [-0.2, -0.15) is 0 Å². The smallest absolute Gasteiger partial charge is 0.0465 e. The Labute approximate surface area is 117 Å². The third-order valence-corrected chi connectivity index (χ3v) is 3.28. The third kappa shape index (κ3) is 4.71. The summed E-state index contributed by atoms with van der Waals surface area (Å²) in [6, 6.07) is 6.21. The molecule has 1 rings (SSSR count). The van der Waals surface area contributed by atoms with E-state index in [2.05, 4.69) is 46.1 Å². The van der Waals surface area contributed by atoms with E-state index >= 15 is 0 Å². The van der Waals surface area contributed by atoms with Gasteiger partial charge in [0.2, 0.25) is 0 Å². The number of rotatable bonds is 5. The van der Waals surface area contributed by atoms with Crippen LogP contribution in [0.25, 0.3) is 0 Å². The van der Waals surface area contributed by atoms with Crippen LogP contribution >= 0.6 is 27.5 Å². The zero-order valence-corrected chi connectivity index (χ0v) is 12.5. The summed E-state index contributed by atoms with van der Waals surface area (Å²) < 4.78 is 1.00. The summed E-state index contributed by atoms with van der Waals surface area (Å²) in [6.45, 7) is 4.99. The molecule has 1 aromatic rings. The highest BCUT2D eigenvalue weighted by Crippen LogP contribution is 2.28. The van der Waals surface area contributed by atoms with Gasteiger partial charge < -0.3 is 5.32 Å². The second kappa shape index (κ2) is 7.76. The third-order valence-electron chi connectivity index (χ3n) is 2.46. The van der Waals surface area contributed by atoms with Gasteiger partial charge in [-0.25, -0.2) is 0 Å². The largest absolute Gasteiger partial charge is 0.309 e. The molecule has 1 N–H and O–H groups in total. The molecule has 92 valence electrons. The predicted octanol–water partition coefficient (Wildman–Crippen LogP) is 4.56. The fourth-order valence-electron chi connectivity index (χ4n) is 1.60. The second-order valence-corrected chi connectivity index (χ2v) is 5.13. The quantitative estimate of drug-likeness (QED) is 0.786. The molecule has 17 heavy (non-hydrogen) atoms. The van der Waals surface area contributed by atoms with Crippen molar-refractivity contribution in [2.75, 3.05) is 6.54 Å². The highest BCUT2D eigenvalue weighted by atomic mass is 79.9. The Morgan fingerprint density at radius 1 is 1.47 bits per heavy atom.